The minimum Gasteiger partial charge on any atom is -0.489 e. The smallest absolute Gasteiger partial charge is 0.315 e. The molecule has 1 aliphatic rings. The Balaban J connectivity index is 1.72. The van der Waals surface area contributed by atoms with Crippen molar-refractivity contribution >= 4 is 11.7 Å². The summed E-state index contributed by atoms with van der Waals surface area (Å²) in [5, 5.41) is 12.6. The van der Waals surface area contributed by atoms with Crippen molar-refractivity contribution in [3.05, 3.63) is 35.1 Å². The Bertz CT molecular complexity index is 857. The van der Waals surface area contributed by atoms with E-state index in [4.69, 9.17) is 20.7 Å². The van der Waals surface area contributed by atoms with Gasteiger partial charge >= 0.3 is 6.01 Å². The lowest BCUT2D eigenvalue weighted by Crippen LogP contribution is -2.32. The monoisotopic (exact) mass is 415 g/mol. The average molecular weight is 416 g/mol. The lowest BCUT2D eigenvalue weighted by Gasteiger charge is -2.24. The number of likely N-dealkylation sites (N-methyl/N-ethyl adjacent to an activating group) is 1. The molecule has 1 fully saturated rings. The Kier molecular flexibility index (Phi) is 7.51. The van der Waals surface area contributed by atoms with Crippen LogP contribution in [0, 0.1) is 6.92 Å². The molecule has 1 saturated carbocycles. The summed E-state index contributed by atoms with van der Waals surface area (Å²) in [5.74, 6) is 7.44. The summed E-state index contributed by atoms with van der Waals surface area (Å²) in [6, 6.07) is 4.15. The Labute approximate surface area is 177 Å². The molecule has 2 aromatic rings. The summed E-state index contributed by atoms with van der Waals surface area (Å²) >= 11 is 0. The number of aromatic nitrogens is 3. The van der Waals surface area contributed by atoms with Gasteiger partial charge in [-0.2, -0.15) is 0 Å². The van der Waals surface area contributed by atoms with E-state index in [1.807, 2.05) is 19.1 Å². The Morgan fingerprint density at radius 2 is 2.03 bits per heavy atom. The van der Waals surface area contributed by atoms with Crippen LogP contribution in [-0.4, -0.2) is 39.9 Å². The van der Waals surface area contributed by atoms with Gasteiger partial charge in [-0.15, -0.1) is 5.10 Å². The third kappa shape index (κ3) is 5.63. The van der Waals surface area contributed by atoms with Gasteiger partial charge in [0.25, 0.3) is 0 Å². The van der Waals surface area contributed by atoms with Crippen molar-refractivity contribution < 1.29 is 9.15 Å². The highest BCUT2D eigenvalue weighted by atomic mass is 16.5. The standard InChI is InChI=1S/C21H33N7O2/c1-4-8-19-26-27-21(30-19)24-13-17(28(3)23)20(22)16-11-12-18(14(2)25-16)29-15-9-6-5-7-10-15/h11-12,15H,4-10,13,22-23H2,1-3H3,(H,24,27)/b20-17-. The molecular formula is C21H33N7O2. The van der Waals surface area contributed by atoms with E-state index in [0.717, 1.165) is 37.1 Å². The Hall–Kier alpha value is -2.81. The molecule has 0 saturated heterocycles. The van der Waals surface area contributed by atoms with E-state index in [9.17, 15) is 0 Å². The number of rotatable bonds is 9. The van der Waals surface area contributed by atoms with Crippen LogP contribution in [0.4, 0.5) is 6.01 Å². The molecule has 0 radical (unpaired) electrons. The molecule has 5 N–H and O–H groups in total. The van der Waals surface area contributed by atoms with Gasteiger partial charge in [0.1, 0.15) is 5.75 Å². The van der Waals surface area contributed by atoms with E-state index in [1.165, 1.54) is 24.3 Å². The first-order chi connectivity index (χ1) is 14.5. The molecule has 164 valence electrons. The lowest BCUT2D eigenvalue weighted by molar-refractivity contribution is 0.153. The summed E-state index contributed by atoms with van der Waals surface area (Å²) in [4.78, 5) is 4.66. The van der Waals surface area contributed by atoms with Crippen LogP contribution < -0.4 is 21.6 Å². The second kappa shape index (κ2) is 10.3. The largest absolute Gasteiger partial charge is 0.489 e. The van der Waals surface area contributed by atoms with Crippen LogP contribution >= 0.6 is 0 Å². The molecule has 0 aromatic carbocycles. The van der Waals surface area contributed by atoms with Crippen molar-refractivity contribution in [2.75, 3.05) is 18.9 Å². The van der Waals surface area contributed by atoms with Gasteiger partial charge in [0.2, 0.25) is 5.89 Å². The van der Waals surface area contributed by atoms with Gasteiger partial charge in [-0.3, -0.25) is 0 Å². The van der Waals surface area contributed by atoms with Gasteiger partial charge < -0.3 is 25.2 Å². The quantitative estimate of drug-likeness (QED) is 0.418. The zero-order valence-electron chi connectivity index (χ0n) is 18.1. The predicted molar refractivity (Wildman–Crippen MR) is 116 cm³/mol. The minimum atomic E-state index is 0.278. The van der Waals surface area contributed by atoms with Crippen molar-refractivity contribution in [3.8, 4) is 5.75 Å². The fourth-order valence-corrected chi connectivity index (χ4v) is 3.54. The molecule has 1 aliphatic carbocycles. The average Bonchev–Trinajstić information content (AvgIpc) is 3.18. The lowest BCUT2D eigenvalue weighted by atomic mass is 9.98. The SMILES string of the molecule is CCCc1nnc(NC/C(=C(/N)c2ccc(OC3CCCCC3)c(C)n2)N(C)N)o1. The first-order valence-electron chi connectivity index (χ1n) is 10.7. The molecule has 2 heterocycles. The highest BCUT2D eigenvalue weighted by Gasteiger charge is 2.18. The van der Waals surface area contributed by atoms with E-state index >= 15 is 0 Å². The third-order valence-corrected chi connectivity index (χ3v) is 5.23. The first-order valence-corrected chi connectivity index (χ1v) is 10.7. The number of hydrazine groups is 1. The highest BCUT2D eigenvalue weighted by Crippen LogP contribution is 2.26. The van der Waals surface area contributed by atoms with Gasteiger partial charge in [-0.25, -0.2) is 10.8 Å². The number of nitrogens with one attached hydrogen (secondary N) is 1. The van der Waals surface area contributed by atoms with Crippen molar-refractivity contribution in [2.45, 2.75) is 64.9 Å². The summed E-state index contributed by atoms with van der Waals surface area (Å²) in [6.45, 7) is 4.32. The Morgan fingerprint density at radius 1 is 1.27 bits per heavy atom. The van der Waals surface area contributed by atoms with Crippen molar-refractivity contribution in [3.63, 3.8) is 0 Å². The van der Waals surface area contributed by atoms with Crippen LogP contribution in [0.2, 0.25) is 0 Å². The maximum absolute atomic E-state index is 6.41. The number of aryl methyl sites for hydroxylation is 2. The molecule has 30 heavy (non-hydrogen) atoms. The van der Waals surface area contributed by atoms with E-state index < -0.39 is 0 Å². The number of pyridine rings is 1. The van der Waals surface area contributed by atoms with Gasteiger partial charge in [-0.1, -0.05) is 18.4 Å². The number of nitrogens with zero attached hydrogens (tertiary/aromatic N) is 4. The molecule has 9 nitrogen and oxygen atoms in total. The molecule has 0 amide bonds. The summed E-state index contributed by atoms with van der Waals surface area (Å²) < 4.78 is 11.7. The van der Waals surface area contributed by atoms with E-state index in [-0.39, 0.29) is 6.10 Å². The number of ether oxygens (including phenoxy) is 1. The number of anilines is 1. The fraction of sp³-hybridized carbons (Fsp3) is 0.571. The zero-order valence-corrected chi connectivity index (χ0v) is 18.1. The van der Waals surface area contributed by atoms with Crippen LogP contribution in [0.25, 0.3) is 5.70 Å². The number of hydrogen-bond acceptors (Lipinski definition) is 9. The molecule has 0 aliphatic heterocycles. The maximum Gasteiger partial charge on any atom is 0.315 e. The zero-order chi connectivity index (χ0) is 21.5. The topological polar surface area (TPSA) is 128 Å². The van der Waals surface area contributed by atoms with Crippen molar-refractivity contribution in [1.29, 1.82) is 0 Å². The predicted octanol–water partition coefficient (Wildman–Crippen LogP) is 2.98. The van der Waals surface area contributed by atoms with Gasteiger partial charge in [0.05, 0.1) is 35.4 Å². The normalized spacial score (nSPS) is 15.6. The molecule has 3 rings (SSSR count). The van der Waals surface area contributed by atoms with Gasteiger partial charge in [0.15, 0.2) is 0 Å². The van der Waals surface area contributed by atoms with E-state index in [2.05, 4.69) is 27.4 Å². The Morgan fingerprint density at radius 3 is 2.70 bits per heavy atom. The summed E-state index contributed by atoms with van der Waals surface area (Å²) in [6.07, 6.45) is 7.92. The summed E-state index contributed by atoms with van der Waals surface area (Å²) in [5.41, 5.74) is 9.02. The van der Waals surface area contributed by atoms with Crippen LogP contribution in [-0.2, 0) is 6.42 Å². The number of hydrogen-bond donors (Lipinski definition) is 3. The second-order valence-electron chi connectivity index (χ2n) is 7.73. The summed E-state index contributed by atoms with van der Waals surface area (Å²) in [7, 11) is 1.73. The van der Waals surface area contributed by atoms with E-state index in [0.29, 0.717) is 35.5 Å². The van der Waals surface area contributed by atoms with Crippen LogP contribution in [0.15, 0.2) is 22.2 Å². The molecule has 2 aromatic heterocycles. The second-order valence-corrected chi connectivity index (χ2v) is 7.73. The first kappa shape index (κ1) is 21.9. The van der Waals surface area contributed by atoms with Crippen molar-refractivity contribution in [1.82, 2.24) is 20.2 Å². The minimum absolute atomic E-state index is 0.278. The molecule has 0 spiro atoms. The molecule has 0 unspecified atom stereocenters. The van der Waals surface area contributed by atoms with Gasteiger partial charge in [0, 0.05) is 13.5 Å². The third-order valence-electron chi connectivity index (χ3n) is 5.23. The highest BCUT2D eigenvalue weighted by molar-refractivity contribution is 5.64. The van der Waals surface area contributed by atoms with Crippen LogP contribution in [0.3, 0.4) is 0 Å². The fourth-order valence-electron chi connectivity index (χ4n) is 3.54. The molecule has 0 bridgehead atoms. The van der Waals surface area contributed by atoms with E-state index in [1.54, 1.807) is 7.05 Å². The van der Waals surface area contributed by atoms with Gasteiger partial charge in [-0.05, 0) is 51.2 Å². The maximum atomic E-state index is 6.41. The van der Waals surface area contributed by atoms with Crippen molar-refractivity contribution in [2.24, 2.45) is 11.6 Å². The van der Waals surface area contributed by atoms with Crippen LogP contribution in [0.1, 0.15) is 62.7 Å². The molecule has 0 atom stereocenters. The molecule has 9 heteroatoms. The molecular weight excluding hydrogens is 382 g/mol. The van der Waals surface area contributed by atoms with Crippen LogP contribution in [0.5, 0.6) is 5.75 Å². The number of nitrogens with two attached hydrogens (primary N) is 2.